The summed E-state index contributed by atoms with van der Waals surface area (Å²) in [5.74, 6) is -0.786. The highest BCUT2D eigenvalue weighted by Crippen LogP contribution is 2.02. The molecular formula is C15H17NO2. The molecule has 2 rings (SSSR count). The number of hydrogen-bond donors (Lipinski definition) is 2. The molecule has 0 spiro atoms. The van der Waals surface area contributed by atoms with E-state index in [9.17, 15) is 4.79 Å². The molecule has 2 aromatic carbocycles. The van der Waals surface area contributed by atoms with E-state index >= 15 is 0 Å². The van der Waals surface area contributed by atoms with Crippen molar-refractivity contribution in [2.24, 2.45) is 0 Å². The van der Waals surface area contributed by atoms with Crippen LogP contribution >= 0.6 is 0 Å². The summed E-state index contributed by atoms with van der Waals surface area (Å²) in [5, 5.41) is 8.37. The molecule has 0 radical (unpaired) electrons. The molecule has 0 aliphatic heterocycles. The number of benzene rings is 2. The van der Waals surface area contributed by atoms with E-state index in [-0.39, 0.29) is 6.42 Å². The first kappa shape index (κ1) is 13.8. The second kappa shape index (κ2) is 7.12. The van der Waals surface area contributed by atoms with Crippen LogP contribution in [0.1, 0.15) is 11.1 Å². The van der Waals surface area contributed by atoms with Crippen LogP contribution in [0.4, 0.5) is 5.69 Å². The number of hydrogen-bond acceptors (Lipinski definition) is 2. The van der Waals surface area contributed by atoms with Gasteiger partial charge < -0.3 is 10.8 Å². The number of nitrogens with two attached hydrogens (primary N) is 1. The van der Waals surface area contributed by atoms with Gasteiger partial charge in [-0.25, -0.2) is 0 Å². The first-order chi connectivity index (χ1) is 8.58. The summed E-state index contributed by atoms with van der Waals surface area (Å²) in [7, 11) is 0. The third-order valence-corrected chi connectivity index (χ3v) is 2.28. The van der Waals surface area contributed by atoms with Crippen LogP contribution in [-0.2, 0) is 11.2 Å². The van der Waals surface area contributed by atoms with E-state index in [0.29, 0.717) is 0 Å². The van der Waals surface area contributed by atoms with Crippen molar-refractivity contribution < 1.29 is 9.90 Å². The summed E-state index contributed by atoms with van der Waals surface area (Å²) >= 11 is 0. The summed E-state index contributed by atoms with van der Waals surface area (Å²) in [6.45, 7) is 2.04. The van der Waals surface area contributed by atoms with Crippen molar-refractivity contribution in [3.63, 3.8) is 0 Å². The van der Waals surface area contributed by atoms with Gasteiger partial charge >= 0.3 is 5.97 Å². The molecule has 0 saturated heterocycles. The van der Waals surface area contributed by atoms with Gasteiger partial charge in [-0.05, 0) is 24.6 Å². The smallest absolute Gasteiger partial charge is 0.307 e. The average molecular weight is 243 g/mol. The minimum atomic E-state index is -0.786. The summed E-state index contributed by atoms with van der Waals surface area (Å²) in [5.41, 5.74) is 8.35. The maximum Gasteiger partial charge on any atom is 0.307 e. The lowest BCUT2D eigenvalue weighted by molar-refractivity contribution is -0.136. The van der Waals surface area contributed by atoms with Crippen molar-refractivity contribution in [3.8, 4) is 0 Å². The molecular weight excluding hydrogens is 226 g/mol. The Kier molecular flexibility index (Phi) is 5.45. The Morgan fingerprint density at radius 3 is 2.06 bits per heavy atom. The SMILES string of the molecule is Cc1ccc(N)cc1.O=C(O)Cc1ccccc1. The van der Waals surface area contributed by atoms with Crippen molar-refractivity contribution in [1.29, 1.82) is 0 Å². The lowest BCUT2D eigenvalue weighted by Gasteiger charge is -1.92. The fourth-order valence-corrected chi connectivity index (χ4v) is 1.34. The van der Waals surface area contributed by atoms with Gasteiger partial charge in [0, 0.05) is 5.69 Å². The average Bonchev–Trinajstić information content (AvgIpc) is 2.34. The Balaban J connectivity index is 0.000000184. The van der Waals surface area contributed by atoms with Gasteiger partial charge in [0.05, 0.1) is 6.42 Å². The molecule has 0 unspecified atom stereocenters. The molecule has 0 fully saturated rings. The predicted octanol–water partition coefficient (Wildman–Crippen LogP) is 2.89. The third kappa shape index (κ3) is 5.70. The zero-order chi connectivity index (χ0) is 13.4. The molecule has 3 heteroatoms. The lowest BCUT2D eigenvalue weighted by atomic mass is 10.2. The second-order valence-electron chi connectivity index (χ2n) is 3.97. The van der Waals surface area contributed by atoms with E-state index in [1.807, 2.05) is 49.4 Å². The Morgan fingerprint density at radius 2 is 1.61 bits per heavy atom. The van der Waals surface area contributed by atoms with Crippen LogP contribution in [0, 0.1) is 6.92 Å². The van der Waals surface area contributed by atoms with Crippen molar-refractivity contribution >= 4 is 11.7 Å². The zero-order valence-electron chi connectivity index (χ0n) is 10.3. The number of nitrogen functional groups attached to an aromatic ring is 1. The molecule has 3 N–H and O–H groups in total. The minimum absolute atomic E-state index is 0.112. The van der Waals surface area contributed by atoms with E-state index in [1.165, 1.54) is 5.56 Å². The predicted molar refractivity (Wildman–Crippen MR) is 73.4 cm³/mol. The van der Waals surface area contributed by atoms with E-state index in [4.69, 9.17) is 10.8 Å². The fraction of sp³-hybridized carbons (Fsp3) is 0.133. The topological polar surface area (TPSA) is 63.3 Å². The van der Waals surface area contributed by atoms with E-state index in [1.54, 1.807) is 12.1 Å². The monoisotopic (exact) mass is 243 g/mol. The van der Waals surface area contributed by atoms with Crippen LogP contribution in [0.15, 0.2) is 54.6 Å². The van der Waals surface area contributed by atoms with Gasteiger partial charge in [-0.1, -0.05) is 48.0 Å². The van der Waals surface area contributed by atoms with Crippen LogP contribution in [0.5, 0.6) is 0 Å². The van der Waals surface area contributed by atoms with Crippen LogP contribution in [0.25, 0.3) is 0 Å². The highest BCUT2D eigenvalue weighted by Gasteiger charge is 1.96. The summed E-state index contributed by atoms with van der Waals surface area (Å²) in [6.07, 6.45) is 0.112. The second-order valence-corrected chi connectivity index (χ2v) is 3.97. The lowest BCUT2D eigenvalue weighted by Crippen LogP contribution is -1.98. The number of aliphatic carboxylic acids is 1. The standard InChI is InChI=1S/C8H8O2.C7H9N/c9-8(10)6-7-4-2-1-3-5-7;1-6-2-4-7(8)5-3-6/h1-5H,6H2,(H,9,10);2-5H,8H2,1H3. The molecule has 0 saturated carbocycles. The molecule has 0 aromatic heterocycles. The van der Waals surface area contributed by atoms with Gasteiger partial charge in [0.25, 0.3) is 0 Å². The van der Waals surface area contributed by atoms with Crippen LogP contribution in [0.2, 0.25) is 0 Å². The first-order valence-electron chi connectivity index (χ1n) is 5.66. The van der Waals surface area contributed by atoms with Crippen LogP contribution < -0.4 is 5.73 Å². The van der Waals surface area contributed by atoms with Gasteiger partial charge in [0.1, 0.15) is 0 Å². The summed E-state index contributed by atoms with van der Waals surface area (Å²) in [6, 6.07) is 16.9. The van der Waals surface area contributed by atoms with Crippen molar-refractivity contribution in [1.82, 2.24) is 0 Å². The molecule has 94 valence electrons. The maximum absolute atomic E-state index is 10.2. The van der Waals surface area contributed by atoms with Crippen LogP contribution in [0.3, 0.4) is 0 Å². The molecule has 2 aromatic rings. The van der Waals surface area contributed by atoms with Gasteiger partial charge in [0.2, 0.25) is 0 Å². The zero-order valence-corrected chi connectivity index (χ0v) is 10.3. The van der Waals surface area contributed by atoms with E-state index in [0.717, 1.165) is 11.3 Å². The number of carboxylic acid groups (broad SMARTS) is 1. The van der Waals surface area contributed by atoms with Crippen LogP contribution in [-0.4, -0.2) is 11.1 Å². The number of carboxylic acids is 1. The van der Waals surface area contributed by atoms with Crippen molar-refractivity contribution in [2.45, 2.75) is 13.3 Å². The number of aryl methyl sites for hydroxylation is 1. The highest BCUT2D eigenvalue weighted by molar-refractivity contribution is 5.70. The molecule has 0 aliphatic carbocycles. The Hall–Kier alpha value is -2.29. The third-order valence-electron chi connectivity index (χ3n) is 2.28. The van der Waals surface area contributed by atoms with Gasteiger partial charge in [-0.3, -0.25) is 4.79 Å². The molecule has 0 atom stereocenters. The Morgan fingerprint density at radius 1 is 1.06 bits per heavy atom. The largest absolute Gasteiger partial charge is 0.481 e. The molecule has 0 bridgehead atoms. The molecule has 3 nitrogen and oxygen atoms in total. The normalized spacial score (nSPS) is 9.17. The van der Waals surface area contributed by atoms with Gasteiger partial charge in [-0.2, -0.15) is 0 Å². The number of carbonyl (C=O) groups is 1. The number of anilines is 1. The molecule has 0 aliphatic rings. The van der Waals surface area contributed by atoms with Gasteiger partial charge in [0.15, 0.2) is 0 Å². The highest BCUT2D eigenvalue weighted by atomic mass is 16.4. The summed E-state index contributed by atoms with van der Waals surface area (Å²) in [4.78, 5) is 10.2. The first-order valence-corrected chi connectivity index (χ1v) is 5.66. The molecule has 18 heavy (non-hydrogen) atoms. The Bertz CT molecular complexity index is 457. The van der Waals surface area contributed by atoms with E-state index < -0.39 is 5.97 Å². The minimum Gasteiger partial charge on any atom is -0.481 e. The van der Waals surface area contributed by atoms with Crippen molar-refractivity contribution in [3.05, 3.63) is 65.7 Å². The fourth-order valence-electron chi connectivity index (χ4n) is 1.34. The Labute approximate surface area is 107 Å². The van der Waals surface area contributed by atoms with Gasteiger partial charge in [-0.15, -0.1) is 0 Å². The maximum atomic E-state index is 10.2. The quantitative estimate of drug-likeness (QED) is 0.797. The summed E-state index contributed by atoms with van der Waals surface area (Å²) < 4.78 is 0. The molecule has 0 heterocycles. The molecule has 0 amide bonds. The van der Waals surface area contributed by atoms with Crippen molar-refractivity contribution in [2.75, 3.05) is 5.73 Å². The van der Waals surface area contributed by atoms with E-state index in [2.05, 4.69) is 0 Å². The number of rotatable bonds is 2.